The SMILES string of the molecule is CCCNC(=O)[C@@H](C)N(Cc1ccccc1)C(=O)CCCN(c1cc(C)cc(C)c1)S(C)(=O)=O. The molecule has 2 amide bonds. The van der Waals surface area contributed by atoms with Crippen molar-refractivity contribution < 1.29 is 18.0 Å². The van der Waals surface area contributed by atoms with Gasteiger partial charge in [-0.15, -0.1) is 0 Å². The van der Waals surface area contributed by atoms with Crippen molar-refractivity contribution >= 4 is 27.5 Å². The zero-order valence-electron chi connectivity index (χ0n) is 20.9. The molecule has 0 aromatic heterocycles. The molecule has 1 N–H and O–H groups in total. The smallest absolute Gasteiger partial charge is 0.242 e. The number of carbonyl (C=O) groups excluding carboxylic acids is 2. The molecule has 0 unspecified atom stereocenters. The van der Waals surface area contributed by atoms with E-state index in [0.717, 1.165) is 23.1 Å². The Morgan fingerprint density at radius 3 is 2.21 bits per heavy atom. The quantitative estimate of drug-likeness (QED) is 0.493. The van der Waals surface area contributed by atoms with E-state index >= 15 is 0 Å². The molecule has 0 radical (unpaired) electrons. The number of carbonyl (C=O) groups is 2. The fourth-order valence-electron chi connectivity index (χ4n) is 3.86. The summed E-state index contributed by atoms with van der Waals surface area (Å²) in [6.45, 7) is 8.59. The van der Waals surface area contributed by atoms with E-state index in [1.165, 1.54) is 10.6 Å². The minimum Gasteiger partial charge on any atom is -0.354 e. The van der Waals surface area contributed by atoms with Crippen molar-refractivity contribution in [2.75, 3.05) is 23.7 Å². The highest BCUT2D eigenvalue weighted by Crippen LogP contribution is 2.22. The van der Waals surface area contributed by atoms with Crippen LogP contribution in [0.3, 0.4) is 0 Å². The molecule has 34 heavy (non-hydrogen) atoms. The van der Waals surface area contributed by atoms with Gasteiger partial charge in [-0.1, -0.05) is 43.3 Å². The Labute approximate surface area is 204 Å². The highest BCUT2D eigenvalue weighted by Gasteiger charge is 2.26. The van der Waals surface area contributed by atoms with Gasteiger partial charge in [-0.3, -0.25) is 13.9 Å². The highest BCUT2D eigenvalue weighted by molar-refractivity contribution is 7.92. The number of hydrogen-bond donors (Lipinski definition) is 1. The molecule has 0 aliphatic rings. The number of rotatable bonds is 12. The molecule has 8 heteroatoms. The molecule has 0 spiro atoms. The first-order valence-electron chi connectivity index (χ1n) is 11.7. The van der Waals surface area contributed by atoms with Gasteiger partial charge in [-0.2, -0.15) is 0 Å². The van der Waals surface area contributed by atoms with Gasteiger partial charge in [0.25, 0.3) is 0 Å². The van der Waals surface area contributed by atoms with Crippen molar-refractivity contribution in [3.05, 3.63) is 65.2 Å². The number of nitrogens with one attached hydrogen (secondary N) is 1. The van der Waals surface area contributed by atoms with Gasteiger partial charge in [0.1, 0.15) is 6.04 Å². The van der Waals surface area contributed by atoms with Gasteiger partial charge in [0.2, 0.25) is 21.8 Å². The van der Waals surface area contributed by atoms with Crippen molar-refractivity contribution in [2.24, 2.45) is 0 Å². The average Bonchev–Trinajstić information content (AvgIpc) is 2.77. The average molecular weight is 488 g/mol. The Kier molecular flexibility index (Phi) is 10.1. The second-order valence-corrected chi connectivity index (χ2v) is 10.7. The third-order valence-electron chi connectivity index (χ3n) is 5.56. The van der Waals surface area contributed by atoms with Crippen LogP contribution in [-0.2, 0) is 26.2 Å². The molecular weight excluding hydrogens is 450 g/mol. The molecule has 0 fully saturated rings. The van der Waals surface area contributed by atoms with Gasteiger partial charge in [-0.05, 0) is 62.4 Å². The summed E-state index contributed by atoms with van der Waals surface area (Å²) < 4.78 is 26.3. The van der Waals surface area contributed by atoms with Crippen LogP contribution in [0.1, 0.15) is 49.8 Å². The van der Waals surface area contributed by atoms with Crippen LogP contribution in [0, 0.1) is 13.8 Å². The van der Waals surface area contributed by atoms with Crippen molar-refractivity contribution in [1.82, 2.24) is 10.2 Å². The molecular formula is C26H37N3O4S. The summed E-state index contributed by atoms with van der Waals surface area (Å²) in [6, 6.07) is 14.5. The van der Waals surface area contributed by atoms with Crippen LogP contribution >= 0.6 is 0 Å². The molecule has 0 heterocycles. The van der Waals surface area contributed by atoms with Gasteiger partial charge in [0.15, 0.2) is 0 Å². The van der Waals surface area contributed by atoms with Crippen LogP contribution in [0.25, 0.3) is 0 Å². The van der Waals surface area contributed by atoms with E-state index in [1.807, 2.05) is 69.3 Å². The van der Waals surface area contributed by atoms with Gasteiger partial charge in [0.05, 0.1) is 11.9 Å². The second-order valence-electron chi connectivity index (χ2n) is 8.76. The van der Waals surface area contributed by atoms with Crippen molar-refractivity contribution in [1.29, 1.82) is 0 Å². The lowest BCUT2D eigenvalue weighted by atomic mass is 10.1. The Morgan fingerprint density at radius 2 is 1.65 bits per heavy atom. The summed E-state index contributed by atoms with van der Waals surface area (Å²) in [5.74, 6) is -0.379. The van der Waals surface area contributed by atoms with Gasteiger partial charge >= 0.3 is 0 Å². The zero-order chi connectivity index (χ0) is 25.3. The maximum atomic E-state index is 13.2. The lowest BCUT2D eigenvalue weighted by Crippen LogP contribution is -2.47. The van der Waals surface area contributed by atoms with Crippen LogP contribution in [0.15, 0.2) is 48.5 Å². The summed E-state index contributed by atoms with van der Waals surface area (Å²) in [4.78, 5) is 27.4. The van der Waals surface area contributed by atoms with Crippen LogP contribution in [0.2, 0.25) is 0 Å². The third kappa shape index (κ3) is 8.17. The fraction of sp³-hybridized carbons (Fsp3) is 0.462. The largest absolute Gasteiger partial charge is 0.354 e. The Balaban J connectivity index is 2.15. The van der Waals surface area contributed by atoms with Gasteiger partial charge < -0.3 is 10.2 Å². The maximum absolute atomic E-state index is 13.2. The third-order valence-corrected chi connectivity index (χ3v) is 6.75. The molecule has 0 saturated heterocycles. The number of nitrogens with zero attached hydrogens (tertiary/aromatic N) is 2. The lowest BCUT2D eigenvalue weighted by molar-refractivity contribution is -0.140. The predicted molar refractivity (Wildman–Crippen MR) is 137 cm³/mol. The number of anilines is 1. The summed E-state index contributed by atoms with van der Waals surface area (Å²) in [6.07, 6.45) is 2.46. The summed E-state index contributed by atoms with van der Waals surface area (Å²) >= 11 is 0. The maximum Gasteiger partial charge on any atom is 0.242 e. The van der Waals surface area contributed by atoms with Crippen LogP contribution in [-0.4, -0.2) is 50.5 Å². The first-order valence-corrected chi connectivity index (χ1v) is 13.5. The number of amides is 2. The van der Waals surface area contributed by atoms with Crippen molar-refractivity contribution in [3.8, 4) is 0 Å². The van der Waals surface area contributed by atoms with Crippen LogP contribution in [0.5, 0.6) is 0 Å². The molecule has 2 aromatic carbocycles. The molecule has 7 nitrogen and oxygen atoms in total. The summed E-state index contributed by atoms with van der Waals surface area (Å²) in [5.41, 5.74) is 3.47. The molecule has 1 atom stereocenters. The molecule has 2 rings (SSSR count). The van der Waals surface area contributed by atoms with Gasteiger partial charge in [-0.25, -0.2) is 8.42 Å². The molecule has 0 saturated carbocycles. The highest BCUT2D eigenvalue weighted by atomic mass is 32.2. The van der Waals surface area contributed by atoms with Crippen LogP contribution < -0.4 is 9.62 Å². The van der Waals surface area contributed by atoms with E-state index in [2.05, 4.69) is 5.32 Å². The van der Waals surface area contributed by atoms with E-state index in [9.17, 15) is 18.0 Å². The lowest BCUT2D eigenvalue weighted by Gasteiger charge is -2.29. The second kappa shape index (κ2) is 12.6. The first kappa shape index (κ1) is 27.4. The van der Waals surface area contributed by atoms with Gasteiger partial charge in [0, 0.05) is 26.1 Å². The van der Waals surface area contributed by atoms with E-state index in [4.69, 9.17) is 0 Å². The van der Waals surface area contributed by atoms with E-state index in [-0.39, 0.29) is 24.8 Å². The topological polar surface area (TPSA) is 86.8 Å². The van der Waals surface area contributed by atoms with Crippen LogP contribution in [0.4, 0.5) is 5.69 Å². The van der Waals surface area contributed by atoms with E-state index in [1.54, 1.807) is 11.8 Å². The Bertz CT molecular complexity index is 1050. The normalized spacial score (nSPS) is 12.1. The summed E-state index contributed by atoms with van der Waals surface area (Å²) in [7, 11) is -3.51. The number of sulfonamides is 1. The molecule has 0 aliphatic heterocycles. The fourth-order valence-corrected chi connectivity index (χ4v) is 4.81. The Morgan fingerprint density at radius 1 is 1.03 bits per heavy atom. The number of aryl methyl sites for hydroxylation is 2. The molecule has 186 valence electrons. The predicted octanol–water partition coefficient (Wildman–Crippen LogP) is 3.79. The van der Waals surface area contributed by atoms with Crippen molar-refractivity contribution in [3.63, 3.8) is 0 Å². The monoisotopic (exact) mass is 487 g/mol. The standard InChI is InChI=1S/C26H37N3O4S/c1-6-14-27-26(31)22(4)28(19-23-11-8-7-9-12-23)25(30)13-10-15-29(34(5,32)33)24-17-20(2)16-21(3)18-24/h7-9,11-12,16-18,22H,6,10,13-15,19H2,1-5H3,(H,27,31)/t22-/m1/s1. The molecule has 0 bridgehead atoms. The number of hydrogen-bond acceptors (Lipinski definition) is 4. The zero-order valence-corrected chi connectivity index (χ0v) is 21.7. The number of benzene rings is 2. The van der Waals surface area contributed by atoms with E-state index < -0.39 is 16.1 Å². The minimum atomic E-state index is -3.51. The van der Waals surface area contributed by atoms with E-state index in [0.29, 0.717) is 25.2 Å². The molecule has 0 aliphatic carbocycles. The first-order chi connectivity index (χ1) is 16.0. The van der Waals surface area contributed by atoms with Crippen molar-refractivity contribution in [2.45, 2.75) is 59.5 Å². The molecule has 2 aromatic rings. The Hall–Kier alpha value is -2.87. The summed E-state index contributed by atoms with van der Waals surface area (Å²) in [5, 5.41) is 2.86. The minimum absolute atomic E-state index is 0.134.